The lowest BCUT2D eigenvalue weighted by molar-refractivity contribution is -0.153. The number of hydrogen-bond acceptors (Lipinski definition) is 6. The number of carbonyl (C=O) groups is 3. The van der Waals surface area contributed by atoms with Crippen LogP contribution in [-0.2, 0) is 30.5 Å². The van der Waals surface area contributed by atoms with Gasteiger partial charge in [-0.15, -0.1) is 6.58 Å². The number of nitrogens with zero attached hydrogens (tertiary/aromatic N) is 1. The highest BCUT2D eigenvalue weighted by atomic mass is 32.2. The summed E-state index contributed by atoms with van der Waals surface area (Å²) in [5.41, 5.74) is -1.08. The summed E-state index contributed by atoms with van der Waals surface area (Å²) in [6, 6.07) is 2.66. The van der Waals surface area contributed by atoms with E-state index in [-0.39, 0.29) is 32.5 Å². The number of rotatable bonds is 7. The van der Waals surface area contributed by atoms with Gasteiger partial charge in [0.1, 0.15) is 0 Å². The van der Waals surface area contributed by atoms with Crippen LogP contribution in [0, 0.1) is 5.92 Å². The largest absolute Gasteiger partial charge is 0.455 e. The monoisotopic (exact) mass is 477 g/mol. The molecule has 1 aliphatic rings. The zero-order valence-corrected chi connectivity index (χ0v) is 17.7. The molecule has 0 radical (unpaired) electrons. The molecule has 1 aromatic carbocycles. The van der Waals surface area contributed by atoms with E-state index >= 15 is 0 Å². The molecule has 1 saturated heterocycles. The van der Waals surface area contributed by atoms with Crippen LogP contribution in [0.25, 0.3) is 0 Å². The molecule has 1 fully saturated rings. The summed E-state index contributed by atoms with van der Waals surface area (Å²) in [6.07, 6.45) is -3.14. The average Bonchev–Trinajstić information content (AvgIpc) is 2.75. The number of sulfonamides is 1. The van der Waals surface area contributed by atoms with Gasteiger partial charge in [-0.05, 0) is 31.0 Å². The van der Waals surface area contributed by atoms with Gasteiger partial charge in [-0.2, -0.15) is 17.5 Å². The zero-order valence-electron chi connectivity index (χ0n) is 16.9. The molecule has 2 N–H and O–H groups in total. The molecule has 13 heteroatoms. The fourth-order valence-corrected chi connectivity index (χ4v) is 4.46. The third-order valence-electron chi connectivity index (χ3n) is 4.59. The Labute approximate surface area is 182 Å². The Bertz CT molecular complexity index is 973. The average molecular weight is 477 g/mol. The minimum Gasteiger partial charge on any atom is -0.455 e. The van der Waals surface area contributed by atoms with Crippen LogP contribution in [0.5, 0.6) is 0 Å². The molecular formula is C19H22F3N3O6S. The molecule has 3 amide bonds. The van der Waals surface area contributed by atoms with Crippen molar-refractivity contribution in [2.24, 2.45) is 5.92 Å². The van der Waals surface area contributed by atoms with Crippen LogP contribution >= 0.6 is 0 Å². The lowest BCUT2D eigenvalue weighted by Crippen LogP contribution is -2.43. The van der Waals surface area contributed by atoms with Gasteiger partial charge in [0, 0.05) is 19.6 Å². The standard InChI is InChI=1S/C19H22F3N3O6S/c1-2-8-23-18(28)24-16(26)12-31-17(27)13-6-9-25(10-7-13)32(29,30)15-5-3-4-14(11-15)19(20,21)22/h2-5,11,13H,1,6-10,12H2,(H2,23,24,26,28). The van der Waals surface area contributed by atoms with E-state index in [9.17, 15) is 36.0 Å². The number of benzene rings is 1. The van der Waals surface area contributed by atoms with E-state index in [1.807, 2.05) is 5.32 Å². The van der Waals surface area contributed by atoms with Crippen molar-refractivity contribution in [2.75, 3.05) is 26.2 Å². The first-order valence-electron chi connectivity index (χ1n) is 9.47. The van der Waals surface area contributed by atoms with Gasteiger partial charge in [-0.3, -0.25) is 14.9 Å². The van der Waals surface area contributed by atoms with Crippen LogP contribution in [0.4, 0.5) is 18.0 Å². The molecular weight excluding hydrogens is 455 g/mol. The highest BCUT2D eigenvalue weighted by Crippen LogP contribution is 2.32. The number of carbonyl (C=O) groups excluding carboxylic acids is 3. The van der Waals surface area contributed by atoms with Crippen molar-refractivity contribution in [3.63, 3.8) is 0 Å². The highest BCUT2D eigenvalue weighted by Gasteiger charge is 2.35. The number of imide groups is 1. The summed E-state index contributed by atoms with van der Waals surface area (Å²) >= 11 is 0. The minimum absolute atomic E-state index is 0.0679. The first kappa shape index (κ1) is 25.3. The number of ether oxygens (including phenoxy) is 1. The van der Waals surface area contributed by atoms with Crippen molar-refractivity contribution in [1.29, 1.82) is 0 Å². The van der Waals surface area contributed by atoms with Crippen LogP contribution < -0.4 is 10.6 Å². The number of esters is 1. The Balaban J connectivity index is 1.88. The first-order chi connectivity index (χ1) is 14.9. The molecule has 176 valence electrons. The summed E-state index contributed by atoms with van der Waals surface area (Å²) in [4.78, 5) is 34.6. The summed E-state index contributed by atoms with van der Waals surface area (Å²) in [6.45, 7) is 2.63. The Hall–Kier alpha value is -2.93. The molecule has 2 rings (SSSR count). The van der Waals surface area contributed by atoms with Crippen molar-refractivity contribution >= 4 is 27.9 Å². The van der Waals surface area contributed by atoms with E-state index < -0.39 is 57.1 Å². The normalized spacial score (nSPS) is 15.6. The van der Waals surface area contributed by atoms with Crippen molar-refractivity contribution < 1.29 is 40.7 Å². The number of alkyl halides is 3. The van der Waals surface area contributed by atoms with E-state index in [0.717, 1.165) is 22.5 Å². The summed E-state index contributed by atoms with van der Waals surface area (Å²) in [5.74, 6) is -2.27. The maximum Gasteiger partial charge on any atom is 0.416 e. The van der Waals surface area contributed by atoms with Gasteiger partial charge in [0.15, 0.2) is 6.61 Å². The maximum absolute atomic E-state index is 12.9. The van der Waals surface area contributed by atoms with Gasteiger partial charge < -0.3 is 10.1 Å². The van der Waals surface area contributed by atoms with Crippen LogP contribution in [0.1, 0.15) is 18.4 Å². The second-order valence-electron chi connectivity index (χ2n) is 6.86. The highest BCUT2D eigenvalue weighted by molar-refractivity contribution is 7.89. The SMILES string of the molecule is C=CCNC(=O)NC(=O)COC(=O)C1CCN(S(=O)(=O)c2cccc(C(F)(F)F)c2)CC1. The number of nitrogens with one attached hydrogen (secondary N) is 2. The number of piperidine rings is 1. The lowest BCUT2D eigenvalue weighted by atomic mass is 9.98. The second kappa shape index (κ2) is 10.6. The number of amides is 3. The van der Waals surface area contributed by atoms with E-state index in [0.29, 0.717) is 6.07 Å². The van der Waals surface area contributed by atoms with E-state index in [4.69, 9.17) is 4.74 Å². The molecule has 0 spiro atoms. The van der Waals surface area contributed by atoms with Gasteiger partial charge in [-0.25, -0.2) is 13.2 Å². The molecule has 0 bridgehead atoms. The van der Waals surface area contributed by atoms with Gasteiger partial charge in [-0.1, -0.05) is 12.1 Å². The molecule has 1 aromatic rings. The topological polar surface area (TPSA) is 122 Å². The summed E-state index contributed by atoms with van der Waals surface area (Å²) in [7, 11) is -4.18. The van der Waals surface area contributed by atoms with E-state index in [2.05, 4.69) is 11.9 Å². The van der Waals surface area contributed by atoms with Crippen LogP contribution in [0.2, 0.25) is 0 Å². The maximum atomic E-state index is 12.9. The predicted molar refractivity (Wildman–Crippen MR) is 106 cm³/mol. The molecule has 0 unspecified atom stereocenters. The Morgan fingerprint density at radius 3 is 2.47 bits per heavy atom. The number of hydrogen-bond donors (Lipinski definition) is 2. The molecule has 0 aliphatic carbocycles. The predicted octanol–water partition coefficient (Wildman–Crippen LogP) is 1.66. The summed E-state index contributed by atoms with van der Waals surface area (Å²) in [5, 5.41) is 4.26. The van der Waals surface area contributed by atoms with Crippen molar-refractivity contribution in [3.05, 3.63) is 42.5 Å². The van der Waals surface area contributed by atoms with Gasteiger partial charge in [0.25, 0.3) is 5.91 Å². The zero-order chi connectivity index (χ0) is 23.9. The van der Waals surface area contributed by atoms with Crippen molar-refractivity contribution in [1.82, 2.24) is 14.9 Å². The van der Waals surface area contributed by atoms with Gasteiger partial charge in [0.05, 0.1) is 16.4 Å². The van der Waals surface area contributed by atoms with Gasteiger partial charge >= 0.3 is 18.2 Å². The molecule has 0 aromatic heterocycles. The van der Waals surface area contributed by atoms with E-state index in [1.165, 1.54) is 6.08 Å². The number of halogens is 3. The Morgan fingerprint density at radius 1 is 1.22 bits per heavy atom. The first-order valence-corrected chi connectivity index (χ1v) is 10.9. The molecule has 9 nitrogen and oxygen atoms in total. The fourth-order valence-electron chi connectivity index (χ4n) is 2.94. The molecule has 1 aliphatic heterocycles. The molecule has 1 heterocycles. The van der Waals surface area contributed by atoms with E-state index in [1.54, 1.807) is 0 Å². The van der Waals surface area contributed by atoms with Crippen LogP contribution in [0.3, 0.4) is 0 Å². The molecule has 32 heavy (non-hydrogen) atoms. The molecule has 0 saturated carbocycles. The fraction of sp³-hybridized carbons (Fsp3) is 0.421. The second-order valence-corrected chi connectivity index (χ2v) is 8.80. The Morgan fingerprint density at radius 2 is 1.88 bits per heavy atom. The van der Waals surface area contributed by atoms with Crippen molar-refractivity contribution in [2.45, 2.75) is 23.9 Å². The quantitative estimate of drug-likeness (QED) is 0.455. The van der Waals surface area contributed by atoms with Crippen LogP contribution in [-0.4, -0.2) is 56.9 Å². The third kappa shape index (κ3) is 6.79. The summed E-state index contributed by atoms with van der Waals surface area (Å²) < 4.78 is 69.9. The van der Waals surface area contributed by atoms with Gasteiger partial charge in [0.2, 0.25) is 10.0 Å². The lowest BCUT2D eigenvalue weighted by Gasteiger charge is -2.30. The molecule has 0 atom stereocenters. The smallest absolute Gasteiger partial charge is 0.416 e. The van der Waals surface area contributed by atoms with Crippen molar-refractivity contribution in [3.8, 4) is 0 Å². The third-order valence-corrected chi connectivity index (χ3v) is 6.49. The Kier molecular flexibility index (Phi) is 8.38. The minimum atomic E-state index is -4.68. The number of urea groups is 1. The van der Waals surface area contributed by atoms with Crippen LogP contribution in [0.15, 0.2) is 41.8 Å².